The van der Waals surface area contributed by atoms with Gasteiger partial charge in [-0.15, -0.1) is 0 Å². The van der Waals surface area contributed by atoms with Crippen molar-refractivity contribution < 1.29 is 4.74 Å². The molecule has 1 aromatic rings. The van der Waals surface area contributed by atoms with E-state index in [1.807, 2.05) is 6.07 Å². The van der Waals surface area contributed by atoms with Gasteiger partial charge in [-0.3, -0.25) is 0 Å². The molecule has 5 heteroatoms. The van der Waals surface area contributed by atoms with Gasteiger partial charge in [-0.2, -0.15) is 0 Å². The van der Waals surface area contributed by atoms with Crippen LogP contribution in [0.25, 0.3) is 0 Å². The predicted molar refractivity (Wildman–Crippen MR) is 62.0 cm³/mol. The number of ether oxygens (including phenoxy) is 1. The summed E-state index contributed by atoms with van der Waals surface area (Å²) < 4.78 is 6.28. The van der Waals surface area contributed by atoms with Crippen molar-refractivity contribution in [1.82, 2.24) is 9.97 Å². The molecule has 1 aliphatic heterocycles. The molecule has 0 N–H and O–H groups in total. The molecule has 1 aliphatic rings. The highest BCUT2D eigenvalue weighted by molar-refractivity contribution is 9.10. The molecule has 2 rings (SSSR count). The normalized spacial score (nSPS) is 20.3. The zero-order chi connectivity index (χ0) is 10.9. The Labute approximate surface area is 97.8 Å². The van der Waals surface area contributed by atoms with Crippen molar-refractivity contribution in [3.63, 3.8) is 0 Å². The van der Waals surface area contributed by atoms with Crippen molar-refractivity contribution in [3.8, 4) is 0 Å². The second-order valence-corrected chi connectivity index (χ2v) is 5.03. The fraction of sp³-hybridized carbons (Fsp3) is 0.600. The topological polar surface area (TPSA) is 38.2 Å². The zero-order valence-corrected chi connectivity index (χ0v) is 10.5. The Hall–Kier alpha value is -0.680. The summed E-state index contributed by atoms with van der Waals surface area (Å²) in [5, 5.41) is 0. The Bertz CT molecular complexity index is 356. The molecule has 0 aliphatic carbocycles. The van der Waals surface area contributed by atoms with E-state index in [4.69, 9.17) is 4.74 Å². The zero-order valence-electron chi connectivity index (χ0n) is 8.90. The predicted octanol–water partition coefficient (Wildman–Crippen LogP) is 1.85. The third kappa shape index (κ3) is 2.29. The van der Waals surface area contributed by atoms with Crippen molar-refractivity contribution in [2.24, 2.45) is 0 Å². The van der Waals surface area contributed by atoms with Crippen LogP contribution in [-0.4, -0.2) is 35.3 Å². The third-order valence-corrected chi connectivity index (χ3v) is 2.97. The van der Waals surface area contributed by atoms with Crippen molar-refractivity contribution in [1.29, 1.82) is 0 Å². The van der Waals surface area contributed by atoms with Crippen LogP contribution in [0.2, 0.25) is 0 Å². The molecule has 0 atom stereocenters. The summed E-state index contributed by atoms with van der Waals surface area (Å²) >= 11 is 3.36. The summed E-state index contributed by atoms with van der Waals surface area (Å²) in [7, 11) is 0. The van der Waals surface area contributed by atoms with Crippen molar-refractivity contribution in [2.75, 3.05) is 24.7 Å². The number of rotatable bonds is 1. The number of anilines is 1. The molecular formula is C10H14BrN3O. The average Bonchev–Trinajstić information content (AvgIpc) is 2.17. The maximum absolute atomic E-state index is 5.47. The summed E-state index contributed by atoms with van der Waals surface area (Å²) in [6.07, 6.45) is 1.57. The van der Waals surface area contributed by atoms with Gasteiger partial charge in [0.25, 0.3) is 0 Å². The van der Waals surface area contributed by atoms with Crippen molar-refractivity contribution >= 4 is 21.7 Å². The summed E-state index contributed by atoms with van der Waals surface area (Å²) in [6, 6.07) is 1.94. The van der Waals surface area contributed by atoms with Gasteiger partial charge in [0.05, 0.1) is 18.8 Å². The lowest BCUT2D eigenvalue weighted by Gasteiger charge is -2.42. The van der Waals surface area contributed by atoms with Crippen LogP contribution in [0.1, 0.15) is 13.8 Å². The van der Waals surface area contributed by atoms with Gasteiger partial charge >= 0.3 is 0 Å². The maximum atomic E-state index is 5.47. The van der Waals surface area contributed by atoms with Crippen molar-refractivity contribution in [2.45, 2.75) is 19.4 Å². The molecule has 1 aromatic heterocycles. The van der Waals surface area contributed by atoms with E-state index in [1.54, 1.807) is 6.33 Å². The molecule has 0 spiro atoms. The molecule has 0 amide bonds. The highest BCUT2D eigenvalue weighted by atomic mass is 79.9. The molecule has 1 fully saturated rings. The molecule has 0 bridgehead atoms. The summed E-state index contributed by atoms with van der Waals surface area (Å²) in [5.74, 6) is 0.949. The third-order valence-electron chi connectivity index (χ3n) is 2.54. The van der Waals surface area contributed by atoms with E-state index in [0.717, 1.165) is 30.2 Å². The smallest absolute Gasteiger partial charge is 0.133 e. The minimum absolute atomic E-state index is 0.00789. The van der Waals surface area contributed by atoms with Gasteiger partial charge in [0.15, 0.2) is 0 Å². The number of hydrogen-bond donors (Lipinski definition) is 0. The fourth-order valence-electron chi connectivity index (χ4n) is 1.75. The monoisotopic (exact) mass is 271 g/mol. The van der Waals surface area contributed by atoms with Crippen LogP contribution in [0, 0.1) is 0 Å². The average molecular weight is 272 g/mol. The second kappa shape index (κ2) is 4.06. The molecule has 1 saturated heterocycles. The molecule has 15 heavy (non-hydrogen) atoms. The molecule has 4 nitrogen and oxygen atoms in total. The van der Waals surface area contributed by atoms with Crippen LogP contribution in [0.3, 0.4) is 0 Å². The highest BCUT2D eigenvalue weighted by Gasteiger charge is 2.31. The maximum Gasteiger partial charge on any atom is 0.133 e. The molecule has 82 valence electrons. The lowest BCUT2D eigenvalue weighted by atomic mass is 10.0. The van der Waals surface area contributed by atoms with Gasteiger partial charge in [0, 0.05) is 12.6 Å². The van der Waals surface area contributed by atoms with Gasteiger partial charge < -0.3 is 9.64 Å². The van der Waals surface area contributed by atoms with Crippen LogP contribution < -0.4 is 4.90 Å². The summed E-state index contributed by atoms with van der Waals surface area (Å²) in [5.41, 5.74) is -0.00789. The minimum Gasteiger partial charge on any atom is -0.377 e. The Morgan fingerprint density at radius 2 is 2.27 bits per heavy atom. The van der Waals surface area contributed by atoms with E-state index >= 15 is 0 Å². The van der Waals surface area contributed by atoms with E-state index < -0.39 is 0 Å². The van der Waals surface area contributed by atoms with Gasteiger partial charge in [-0.1, -0.05) is 0 Å². The lowest BCUT2D eigenvalue weighted by Crippen LogP contribution is -2.53. The lowest BCUT2D eigenvalue weighted by molar-refractivity contribution is 0.0639. The summed E-state index contributed by atoms with van der Waals surface area (Å²) in [6.45, 7) is 6.67. The molecule has 2 heterocycles. The number of halogens is 1. The second-order valence-electron chi connectivity index (χ2n) is 4.22. The largest absolute Gasteiger partial charge is 0.377 e. The number of nitrogens with zero attached hydrogens (tertiary/aromatic N) is 3. The number of morpholine rings is 1. The van der Waals surface area contributed by atoms with Crippen molar-refractivity contribution in [3.05, 3.63) is 17.0 Å². The quantitative estimate of drug-likeness (QED) is 0.731. The first-order valence-corrected chi connectivity index (χ1v) is 5.72. The Kier molecular flexibility index (Phi) is 2.93. The van der Waals surface area contributed by atoms with Crippen LogP contribution in [-0.2, 0) is 4.74 Å². The van der Waals surface area contributed by atoms with Crippen LogP contribution in [0.15, 0.2) is 17.0 Å². The first-order chi connectivity index (χ1) is 7.09. The minimum atomic E-state index is -0.00789. The van der Waals surface area contributed by atoms with Gasteiger partial charge in [0.1, 0.15) is 16.7 Å². The Balaban J connectivity index is 2.29. The van der Waals surface area contributed by atoms with Gasteiger partial charge in [-0.05, 0) is 29.8 Å². The Morgan fingerprint density at radius 1 is 1.47 bits per heavy atom. The van der Waals surface area contributed by atoms with Crippen LogP contribution >= 0.6 is 15.9 Å². The van der Waals surface area contributed by atoms with E-state index in [2.05, 4.69) is 44.6 Å². The van der Waals surface area contributed by atoms with E-state index in [0.29, 0.717) is 0 Å². The standard InChI is InChI=1S/C10H14BrN3O/c1-10(2)6-15-4-3-14(10)9-5-8(11)12-7-13-9/h5,7H,3-4,6H2,1-2H3. The highest BCUT2D eigenvalue weighted by Crippen LogP contribution is 2.25. The first kappa shape index (κ1) is 10.8. The van der Waals surface area contributed by atoms with Crippen LogP contribution in [0.4, 0.5) is 5.82 Å². The molecule has 0 saturated carbocycles. The molecular weight excluding hydrogens is 258 g/mol. The number of hydrogen-bond acceptors (Lipinski definition) is 4. The fourth-order valence-corrected chi connectivity index (χ4v) is 2.05. The first-order valence-electron chi connectivity index (χ1n) is 4.92. The van der Waals surface area contributed by atoms with Crippen LogP contribution in [0.5, 0.6) is 0 Å². The summed E-state index contributed by atoms with van der Waals surface area (Å²) in [4.78, 5) is 10.6. The Morgan fingerprint density at radius 3 is 2.93 bits per heavy atom. The van der Waals surface area contributed by atoms with E-state index in [1.165, 1.54) is 0 Å². The van der Waals surface area contributed by atoms with E-state index in [-0.39, 0.29) is 5.54 Å². The molecule has 0 unspecified atom stereocenters. The van der Waals surface area contributed by atoms with Gasteiger partial charge in [-0.25, -0.2) is 9.97 Å². The van der Waals surface area contributed by atoms with Gasteiger partial charge in [0.2, 0.25) is 0 Å². The van der Waals surface area contributed by atoms with E-state index in [9.17, 15) is 0 Å². The number of aromatic nitrogens is 2. The SMILES string of the molecule is CC1(C)COCCN1c1cc(Br)ncn1. The molecule has 0 radical (unpaired) electrons. The molecule has 0 aromatic carbocycles.